The van der Waals surface area contributed by atoms with Crippen LogP contribution in [0.1, 0.15) is 32.1 Å². The third-order valence-electron chi connectivity index (χ3n) is 2.66. The van der Waals surface area contributed by atoms with Gasteiger partial charge in [0, 0.05) is 0 Å². The summed E-state index contributed by atoms with van der Waals surface area (Å²) in [7, 11) is 0. The van der Waals surface area contributed by atoms with Crippen molar-refractivity contribution >= 4 is 0 Å². The monoisotopic (exact) mass is 211 g/mol. The number of halogens is 3. The van der Waals surface area contributed by atoms with Crippen molar-refractivity contribution in [2.75, 3.05) is 13.2 Å². The van der Waals surface area contributed by atoms with E-state index in [1.54, 1.807) is 0 Å². The first kappa shape index (κ1) is 11.8. The van der Waals surface area contributed by atoms with Gasteiger partial charge in [-0.3, -0.25) is 0 Å². The molecule has 5 heteroatoms. The van der Waals surface area contributed by atoms with Gasteiger partial charge in [-0.05, 0) is 32.2 Å². The summed E-state index contributed by atoms with van der Waals surface area (Å²) in [6.07, 6.45) is -1.58. The quantitative estimate of drug-likeness (QED) is 0.756. The van der Waals surface area contributed by atoms with E-state index >= 15 is 0 Å². The molecule has 0 aliphatic heterocycles. The van der Waals surface area contributed by atoms with Gasteiger partial charge in [0.1, 0.15) is 0 Å². The summed E-state index contributed by atoms with van der Waals surface area (Å²) in [5, 5.41) is 0. The number of ether oxygens (including phenoxy) is 1. The Morgan fingerprint density at radius 2 is 1.93 bits per heavy atom. The SMILES string of the molecule is NCCC1(OCCC(F)(F)F)CCC1. The smallest absolute Gasteiger partial charge is 0.375 e. The van der Waals surface area contributed by atoms with Gasteiger partial charge in [0.05, 0.1) is 18.6 Å². The molecule has 0 aromatic heterocycles. The predicted octanol–water partition coefficient (Wildman–Crippen LogP) is 2.23. The Labute approximate surface area is 81.6 Å². The van der Waals surface area contributed by atoms with E-state index in [2.05, 4.69) is 0 Å². The largest absolute Gasteiger partial charge is 0.391 e. The van der Waals surface area contributed by atoms with Crippen molar-refractivity contribution in [3.05, 3.63) is 0 Å². The summed E-state index contributed by atoms with van der Waals surface area (Å²) in [5.74, 6) is 0. The van der Waals surface area contributed by atoms with E-state index < -0.39 is 12.6 Å². The van der Waals surface area contributed by atoms with E-state index in [-0.39, 0.29) is 12.2 Å². The van der Waals surface area contributed by atoms with Gasteiger partial charge in [0.25, 0.3) is 0 Å². The maximum absolute atomic E-state index is 11.8. The Morgan fingerprint density at radius 1 is 1.29 bits per heavy atom. The Hall–Kier alpha value is -0.290. The number of nitrogens with two attached hydrogens (primary N) is 1. The maximum atomic E-state index is 11.8. The van der Waals surface area contributed by atoms with Crippen LogP contribution >= 0.6 is 0 Å². The molecule has 2 nitrogen and oxygen atoms in total. The van der Waals surface area contributed by atoms with Gasteiger partial charge >= 0.3 is 6.18 Å². The van der Waals surface area contributed by atoms with E-state index in [1.165, 1.54) is 0 Å². The van der Waals surface area contributed by atoms with Crippen molar-refractivity contribution in [1.82, 2.24) is 0 Å². The van der Waals surface area contributed by atoms with Gasteiger partial charge < -0.3 is 10.5 Å². The van der Waals surface area contributed by atoms with Crippen LogP contribution in [0.5, 0.6) is 0 Å². The first-order chi connectivity index (χ1) is 6.47. The Bertz CT molecular complexity index is 177. The zero-order valence-corrected chi connectivity index (χ0v) is 8.07. The molecule has 0 heterocycles. The van der Waals surface area contributed by atoms with E-state index in [4.69, 9.17) is 10.5 Å². The van der Waals surface area contributed by atoms with Gasteiger partial charge in [0.2, 0.25) is 0 Å². The zero-order valence-electron chi connectivity index (χ0n) is 8.07. The second kappa shape index (κ2) is 4.49. The molecule has 0 atom stereocenters. The topological polar surface area (TPSA) is 35.2 Å². The molecule has 0 saturated heterocycles. The van der Waals surface area contributed by atoms with E-state index in [0.717, 1.165) is 19.3 Å². The average molecular weight is 211 g/mol. The molecule has 0 aromatic rings. The Kier molecular flexibility index (Phi) is 3.78. The molecule has 0 unspecified atom stereocenters. The summed E-state index contributed by atoms with van der Waals surface area (Å²) >= 11 is 0. The van der Waals surface area contributed by atoms with Crippen molar-refractivity contribution in [2.45, 2.75) is 43.9 Å². The van der Waals surface area contributed by atoms with Crippen LogP contribution in [0.4, 0.5) is 13.2 Å². The van der Waals surface area contributed by atoms with Crippen LogP contribution in [0.25, 0.3) is 0 Å². The summed E-state index contributed by atoms with van der Waals surface area (Å²) in [6, 6.07) is 0. The fraction of sp³-hybridized carbons (Fsp3) is 1.00. The van der Waals surface area contributed by atoms with Gasteiger partial charge in [-0.1, -0.05) is 0 Å². The van der Waals surface area contributed by atoms with Crippen molar-refractivity contribution in [2.24, 2.45) is 5.73 Å². The molecule has 0 amide bonds. The lowest BCUT2D eigenvalue weighted by molar-refractivity contribution is -0.170. The standard InChI is InChI=1S/C9H16F3NO/c10-9(11,12)5-7-14-8(4-6-13)2-1-3-8/h1-7,13H2. The molecule has 0 spiro atoms. The summed E-state index contributed by atoms with van der Waals surface area (Å²) < 4.78 is 40.8. The number of hydrogen-bond donors (Lipinski definition) is 1. The third kappa shape index (κ3) is 3.46. The number of rotatable bonds is 5. The highest BCUT2D eigenvalue weighted by atomic mass is 19.4. The van der Waals surface area contributed by atoms with Crippen molar-refractivity contribution in [1.29, 1.82) is 0 Å². The zero-order chi connectivity index (χ0) is 10.7. The second-order valence-corrected chi connectivity index (χ2v) is 3.79. The van der Waals surface area contributed by atoms with Crippen LogP contribution in [0.2, 0.25) is 0 Å². The maximum Gasteiger partial charge on any atom is 0.391 e. The first-order valence-electron chi connectivity index (χ1n) is 4.88. The van der Waals surface area contributed by atoms with Crippen LogP contribution in [0.15, 0.2) is 0 Å². The third-order valence-corrected chi connectivity index (χ3v) is 2.66. The Morgan fingerprint density at radius 3 is 2.29 bits per heavy atom. The molecule has 2 N–H and O–H groups in total. The van der Waals surface area contributed by atoms with Gasteiger partial charge in [0.15, 0.2) is 0 Å². The molecule has 0 bridgehead atoms. The van der Waals surface area contributed by atoms with Gasteiger partial charge in [-0.2, -0.15) is 13.2 Å². The highest BCUT2D eigenvalue weighted by Crippen LogP contribution is 2.38. The average Bonchev–Trinajstić information content (AvgIpc) is 1.97. The molecule has 0 aromatic carbocycles. The summed E-state index contributed by atoms with van der Waals surface area (Å²) in [5.41, 5.74) is 5.05. The molecular formula is C9H16F3NO. The minimum absolute atomic E-state index is 0.233. The van der Waals surface area contributed by atoms with Crippen LogP contribution in [-0.4, -0.2) is 24.9 Å². The minimum atomic E-state index is -4.12. The Balaban J connectivity index is 2.21. The highest BCUT2D eigenvalue weighted by molar-refractivity contribution is 4.89. The van der Waals surface area contributed by atoms with Crippen molar-refractivity contribution < 1.29 is 17.9 Å². The summed E-state index contributed by atoms with van der Waals surface area (Å²) in [4.78, 5) is 0. The van der Waals surface area contributed by atoms with Gasteiger partial charge in [-0.25, -0.2) is 0 Å². The van der Waals surface area contributed by atoms with Crippen LogP contribution < -0.4 is 5.73 Å². The molecule has 1 fully saturated rings. The van der Waals surface area contributed by atoms with Crippen molar-refractivity contribution in [3.63, 3.8) is 0 Å². The molecule has 1 saturated carbocycles. The predicted molar refractivity (Wildman–Crippen MR) is 46.9 cm³/mol. The molecular weight excluding hydrogens is 195 g/mol. The van der Waals surface area contributed by atoms with Crippen LogP contribution in [-0.2, 0) is 4.74 Å². The van der Waals surface area contributed by atoms with E-state index in [0.29, 0.717) is 13.0 Å². The molecule has 14 heavy (non-hydrogen) atoms. The fourth-order valence-electron chi connectivity index (χ4n) is 1.68. The van der Waals surface area contributed by atoms with Gasteiger partial charge in [-0.15, -0.1) is 0 Å². The normalized spacial score (nSPS) is 20.6. The first-order valence-corrected chi connectivity index (χ1v) is 4.88. The second-order valence-electron chi connectivity index (χ2n) is 3.79. The number of hydrogen-bond acceptors (Lipinski definition) is 2. The van der Waals surface area contributed by atoms with Crippen molar-refractivity contribution in [3.8, 4) is 0 Å². The van der Waals surface area contributed by atoms with E-state index in [9.17, 15) is 13.2 Å². The molecule has 1 aliphatic carbocycles. The molecule has 1 rings (SSSR count). The summed E-state index contributed by atoms with van der Waals surface area (Å²) in [6.45, 7) is 0.246. The molecule has 1 aliphatic rings. The molecule has 0 radical (unpaired) electrons. The van der Waals surface area contributed by atoms with Crippen LogP contribution in [0, 0.1) is 0 Å². The lowest BCUT2D eigenvalue weighted by Crippen LogP contribution is -2.42. The lowest BCUT2D eigenvalue weighted by atomic mass is 9.77. The number of alkyl halides is 3. The fourth-order valence-corrected chi connectivity index (χ4v) is 1.68. The minimum Gasteiger partial charge on any atom is -0.375 e. The molecule has 84 valence electrons. The lowest BCUT2D eigenvalue weighted by Gasteiger charge is -2.41. The van der Waals surface area contributed by atoms with Crippen LogP contribution in [0.3, 0.4) is 0 Å². The van der Waals surface area contributed by atoms with E-state index in [1.807, 2.05) is 0 Å². The highest BCUT2D eigenvalue weighted by Gasteiger charge is 2.38.